The molecule has 1 N–H and O–H groups in total. The summed E-state index contributed by atoms with van der Waals surface area (Å²) < 4.78 is 5.37. The summed E-state index contributed by atoms with van der Waals surface area (Å²) in [6.45, 7) is 0.121. The summed E-state index contributed by atoms with van der Waals surface area (Å²) in [5, 5.41) is 3.00. The first-order valence-corrected chi connectivity index (χ1v) is 10.1. The Labute approximate surface area is 188 Å². The molecule has 160 valence electrons. The molecule has 0 atom stereocenters. The van der Waals surface area contributed by atoms with E-state index >= 15 is 0 Å². The number of rotatable bonds is 6. The molecule has 0 aromatic heterocycles. The summed E-state index contributed by atoms with van der Waals surface area (Å²) in [5.74, 6) is -0.730. The molecular weight excluding hydrogens is 432 g/mol. The van der Waals surface area contributed by atoms with Crippen LogP contribution in [0.1, 0.15) is 31.8 Å². The largest absolute Gasteiger partial charge is 0.423 e. The maximum atomic E-state index is 12.5. The second-order valence-corrected chi connectivity index (χ2v) is 7.52. The molecule has 32 heavy (non-hydrogen) atoms. The molecule has 3 aromatic carbocycles. The van der Waals surface area contributed by atoms with E-state index in [2.05, 4.69) is 5.32 Å². The Hall–Kier alpha value is -3.97. The standard InChI is InChI=1S/C24H17ClN2O5/c25-19-9-5-16(6-10-19)22(29)17-7-11-20(12-8-17)32-23(30)18-3-1-15(2-4-18)14-27-21(28)13-26-24(27)31/h1-12H,13-14H2,(H,26,31). The Morgan fingerprint density at radius 1 is 0.844 bits per heavy atom. The minimum absolute atomic E-state index is 0.00662. The first kappa shape index (κ1) is 21.3. The van der Waals surface area contributed by atoms with Gasteiger partial charge in [0.15, 0.2) is 5.78 Å². The van der Waals surface area contributed by atoms with Gasteiger partial charge in [-0.3, -0.25) is 14.5 Å². The van der Waals surface area contributed by atoms with Crippen LogP contribution in [0.3, 0.4) is 0 Å². The molecule has 1 heterocycles. The highest BCUT2D eigenvalue weighted by molar-refractivity contribution is 6.30. The summed E-state index contributed by atoms with van der Waals surface area (Å²) in [4.78, 5) is 49.3. The normalized spacial score (nSPS) is 13.1. The van der Waals surface area contributed by atoms with E-state index < -0.39 is 12.0 Å². The number of ketones is 1. The number of benzene rings is 3. The number of imide groups is 1. The van der Waals surface area contributed by atoms with E-state index in [9.17, 15) is 19.2 Å². The van der Waals surface area contributed by atoms with E-state index in [1.165, 1.54) is 0 Å². The van der Waals surface area contributed by atoms with Gasteiger partial charge in [0, 0.05) is 16.1 Å². The molecule has 0 radical (unpaired) electrons. The molecule has 0 bridgehead atoms. The van der Waals surface area contributed by atoms with E-state index in [0.717, 1.165) is 4.90 Å². The molecular formula is C24H17ClN2O5. The lowest BCUT2D eigenvalue weighted by Crippen LogP contribution is -2.30. The highest BCUT2D eigenvalue weighted by Crippen LogP contribution is 2.19. The van der Waals surface area contributed by atoms with Gasteiger partial charge in [0.1, 0.15) is 5.75 Å². The fraction of sp³-hybridized carbons (Fsp3) is 0.0833. The second kappa shape index (κ2) is 9.03. The molecule has 0 aliphatic carbocycles. The lowest BCUT2D eigenvalue weighted by Gasteiger charge is -2.12. The Morgan fingerprint density at radius 2 is 1.41 bits per heavy atom. The Balaban J connectivity index is 1.38. The number of amides is 3. The van der Waals surface area contributed by atoms with Crippen LogP contribution in [0, 0.1) is 0 Å². The van der Waals surface area contributed by atoms with Crippen molar-refractivity contribution in [1.29, 1.82) is 0 Å². The van der Waals surface area contributed by atoms with Crippen molar-refractivity contribution in [2.75, 3.05) is 6.54 Å². The summed E-state index contributed by atoms with van der Waals surface area (Å²) in [5.41, 5.74) is 1.98. The zero-order valence-electron chi connectivity index (χ0n) is 16.7. The van der Waals surface area contributed by atoms with E-state index in [4.69, 9.17) is 16.3 Å². The maximum absolute atomic E-state index is 12.5. The predicted octanol–water partition coefficient (Wildman–Crippen LogP) is 3.84. The third kappa shape index (κ3) is 4.68. The first-order valence-electron chi connectivity index (χ1n) is 9.70. The molecule has 0 unspecified atom stereocenters. The zero-order valence-corrected chi connectivity index (χ0v) is 17.5. The summed E-state index contributed by atoms with van der Waals surface area (Å²) in [7, 11) is 0. The number of hydrogen-bond acceptors (Lipinski definition) is 5. The van der Waals surface area contributed by atoms with Crippen molar-refractivity contribution in [2.45, 2.75) is 6.54 Å². The minimum Gasteiger partial charge on any atom is -0.423 e. The lowest BCUT2D eigenvalue weighted by atomic mass is 10.0. The van der Waals surface area contributed by atoms with Crippen molar-refractivity contribution < 1.29 is 23.9 Å². The molecule has 1 aliphatic rings. The third-order valence-corrected chi connectivity index (χ3v) is 5.15. The maximum Gasteiger partial charge on any atom is 0.343 e. The van der Waals surface area contributed by atoms with Crippen LogP contribution in [-0.2, 0) is 11.3 Å². The molecule has 1 fully saturated rings. The monoisotopic (exact) mass is 448 g/mol. The lowest BCUT2D eigenvalue weighted by molar-refractivity contribution is -0.125. The summed E-state index contributed by atoms with van der Waals surface area (Å²) in [6, 6.07) is 18.9. The van der Waals surface area contributed by atoms with Gasteiger partial charge in [-0.15, -0.1) is 0 Å². The number of carbonyl (C=O) groups excluding carboxylic acids is 4. The number of ether oxygens (including phenoxy) is 1. The van der Waals surface area contributed by atoms with Crippen LogP contribution in [0.4, 0.5) is 4.79 Å². The smallest absolute Gasteiger partial charge is 0.343 e. The van der Waals surface area contributed by atoms with Gasteiger partial charge in [-0.05, 0) is 66.2 Å². The zero-order chi connectivity index (χ0) is 22.7. The van der Waals surface area contributed by atoms with Crippen LogP contribution in [0.5, 0.6) is 5.75 Å². The Kier molecular flexibility index (Phi) is 6.00. The highest BCUT2D eigenvalue weighted by Gasteiger charge is 2.28. The molecule has 0 spiro atoms. The van der Waals surface area contributed by atoms with Crippen LogP contribution in [-0.4, -0.2) is 35.1 Å². The minimum atomic E-state index is -0.566. The Morgan fingerprint density at radius 3 is 1.97 bits per heavy atom. The second-order valence-electron chi connectivity index (χ2n) is 7.09. The fourth-order valence-corrected chi connectivity index (χ4v) is 3.28. The van der Waals surface area contributed by atoms with Gasteiger partial charge in [0.05, 0.1) is 18.7 Å². The predicted molar refractivity (Wildman–Crippen MR) is 117 cm³/mol. The van der Waals surface area contributed by atoms with Gasteiger partial charge in [0.2, 0.25) is 5.91 Å². The quantitative estimate of drug-likeness (QED) is 0.267. The number of carbonyl (C=O) groups is 4. The molecule has 3 aromatic rings. The van der Waals surface area contributed by atoms with Gasteiger partial charge in [-0.1, -0.05) is 23.7 Å². The van der Waals surface area contributed by atoms with E-state index in [0.29, 0.717) is 33.0 Å². The van der Waals surface area contributed by atoms with Crippen LogP contribution >= 0.6 is 11.6 Å². The third-order valence-electron chi connectivity index (χ3n) is 4.90. The van der Waals surface area contributed by atoms with E-state index in [1.54, 1.807) is 72.8 Å². The van der Waals surface area contributed by atoms with Crippen LogP contribution in [0.15, 0.2) is 72.8 Å². The number of urea groups is 1. The number of esters is 1. The van der Waals surface area contributed by atoms with E-state index in [-0.39, 0.29) is 24.8 Å². The Bertz CT molecular complexity index is 1170. The molecule has 1 aliphatic heterocycles. The highest BCUT2D eigenvalue weighted by atomic mass is 35.5. The molecule has 4 rings (SSSR count). The van der Waals surface area contributed by atoms with Crippen molar-refractivity contribution in [3.8, 4) is 5.75 Å². The van der Waals surface area contributed by atoms with Crippen molar-refractivity contribution in [2.24, 2.45) is 0 Å². The topological polar surface area (TPSA) is 92.8 Å². The average Bonchev–Trinajstić information content (AvgIpc) is 3.12. The molecule has 3 amide bonds. The van der Waals surface area contributed by atoms with Gasteiger partial charge in [-0.25, -0.2) is 9.59 Å². The van der Waals surface area contributed by atoms with Crippen molar-refractivity contribution in [1.82, 2.24) is 10.2 Å². The number of halogens is 1. The average molecular weight is 449 g/mol. The molecule has 0 saturated carbocycles. The summed E-state index contributed by atoms with van der Waals surface area (Å²) in [6.07, 6.45) is 0. The number of nitrogens with one attached hydrogen (secondary N) is 1. The van der Waals surface area contributed by atoms with Gasteiger partial charge >= 0.3 is 12.0 Å². The van der Waals surface area contributed by atoms with Crippen molar-refractivity contribution in [3.05, 3.63) is 100 Å². The van der Waals surface area contributed by atoms with Gasteiger partial charge < -0.3 is 10.1 Å². The van der Waals surface area contributed by atoms with Gasteiger partial charge in [-0.2, -0.15) is 0 Å². The SMILES string of the molecule is O=C(Oc1ccc(C(=O)c2ccc(Cl)cc2)cc1)c1ccc(CN2C(=O)CNC2=O)cc1. The summed E-state index contributed by atoms with van der Waals surface area (Å²) >= 11 is 5.85. The molecule has 1 saturated heterocycles. The van der Waals surface area contributed by atoms with Crippen LogP contribution in [0.25, 0.3) is 0 Å². The molecule has 7 nitrogen and oxygen atoms in total. The van der Waals surface area contributed by atoms with E-state index in [1.807, 2.05) is 0 Å². The fourth-order valence-electron chi connectivity index (χ4n) is 3.15. The number of hydrogen-bond donors (Lipinski definition) is 1. The number of nitrogens with zero attached hydrogens (tertiary/aromatic N) is 1. The first-order chi connectivity index (χ1) is 15.4. The molecule has 8 heteroatoms. The van der Waals surface area contributed by atoms with Crippen molar-refractivity contribution >= 4 is 35.3 Å². The van der Waals surface area contributed by atoms with Crippen LogP contribution < -0.4 is 10.1 Å². The van der Waals surface area contributed by atoms with Crippen molar-refractivity contribution in [3.63, 3.8) is 0 Å². The van der Waals surface area contributed by atoms with Gasteiger partial charge in [0.25, 0.3) is 0 Å². The van der Waals surface area contributed by atoms with Crippen LogP contribution in [0.2, 0.25) is 5.02 Å².